The topological polar surface area (TPSA) is 132 Å². The van der Waals surface area contributed by atoms with Crippen LogP contribution in [-0.4, -0.2) is 58.7 Å². The summed E-state index contributed by atoms with van der Waals surface area (Å²) in [7, 11) is 0. The second-order valence-electron chi connectivity index (χ2n) is 7.59. The highest BCUT2D eigenvalue weighted by molar-refractivity contribution is 5.92. The molecule has 3 rings (SSSR count). The molecule has 2 fully saturated rings. The molecule has 0 aromatic heterocycles. The van der Waals surface area contributed by atoms with Crippen LogP contribution in [-0.2, 0) is 20.8 Å². The molecule has 0 spiro atoms. The van der Waals surface area contributed by atoms with Crippen molar-refractivity contribution in [3.8, 4) is 0 Å². The summed E-state index contributed by atoms with van der Waals surface area (Å²) in [4.78, 5) is 43.5. The zero-order chi connectivity index (χ0) is 20.8. The fraction of sp³-hybridized carbons (Fsp3) is 0.550. The first-order valence-electron chi connectivity index (χ1n) is 9.98. The van der Waals surface area contributed by atoms with Crippen LogP contribution in [0.4, 0.5) is 0 Å². The van der Waals surface area contributed by atoms with E-state index < -0.39 is 24.0 Å². The number of azide groups is 1. The summed E-state index contributed by atoms with van der Waals surface area (Å²) >= 11 is 0. The van der Waals surface area contributed by atoms with Crippen LogP contribution in [0.2, 0.25) is 0 Å². The molecule has 0 radical (unpaired) electrons. The van der Waals surface area contributed by atoms with Gasteiger partial charge in [0.15, 0.2) is 0 Å². The van der Waals surface area contributed by atoms with Gasteiger partial charge in [-0.2, -0.15) is 0 Å². The van der Waals surface area contributed by atoms with Gasteiger partial charge >= 0.3 is 0 Å². The number of hydrogen-bond acceptors (Lipinski definition) is 4. The Morgan fingerprint density at radius 2 is 1.93 bits per heavy atom. The normalized spacial score (nSPS) is 23.7. The number of primary amides is 1. The minimum atomic E-state index is -0.713. The van der Waals surface area contributed by atoms with Gasteiger partial charge in [-0.3, -0.25) is 14.4 Å². The van der Waals surface area contributed by atoms with E-state index in [1.807, 2.05) is 30.3 Å². The van der Waals surface area contributed by atoms with E-state index in [1.165, 1.54) is 9.80 Å². The maximum atomic E-state index is 13.1. The molecule has 9 heteroatoms. The van der Waals surface area contributed by atoms with Crippen molar-refractivity contribution < 1.29 is 14.4 Å². The molecule has 154 valence electrons. The van der Waals surface area contributed by atoms with Crippen molar-refractivity contribution in [1.82, 2.24) is 9.80 Å². The Morgan fingerprint density at radius 1 is 1.17 bits per heavy atom. The molecule has 2 aliphatic rings. The third-order valence-corrected chi connectivity index (χ3v) is 5.66. The fourth-order valence-corrected chi connectivity index (χ4v) is 4.23. The molecule has 2 saturated heterocycles. The molecule has 3 amide bonds. The van der Waals surface area contributed by atoms with Crippen molar-refractivity contribution in [1.29, 1.82) is 0 Å². The molecule has 2 N–H and O–H groups in total. The van der Waals surface area contributed by atoms with Crippen molar-refractivity contribution in [3.63, 3.8) is 0 Å². The molecule has 0 aliphatic carbocycles. The first kappa shape index (κ1) is 20.7. The highest BCUT2D eigenvalue weighted by Crippen LogP contribution is 2.27. The molecule has 0 bridgehead atoms. The second-order valence-corrected chi connectivity index (χ2v) is 7.59. The van der Waals surface area contributed by atoms with E-state index >= 15 is 0 Å². The highest BCUT2D eigenvalue weighted by atomic mass is 16.2. The Hall–Kier alpha value is -3.06. The van der Waals surface area contributed by atoms with E-state index in [2.05, 4.69) is 10.0 Å². The molecule has 3 atom stereocenters. The van der Waals surface area contributed by atoms with Crippen molar-refractivity contribution in [2.24, 2.45) is 10.8 Å². The van der Waals surface area contributed by atoms with Gasteiger partial charge in [0, 0.05) is 24.4 Å². The smallest absolute Gasteiger partial charge is 0.246 e. The first-order valence-corrected chi connectivity index (χ1v) is 9.98. The van der Waals surface area contributed by atoms with E-state index in [1.54, 1.807) is 0 Å². The fourth-order valence-electron chi connectivity index (χ4n) is 4.23. The Morgan fingerprint density at radius 3 is 2.62 bits per heavy atom. The zero-order valence-corrected chi connectivity index (χ0v) is 16.3. The van der Waals surface area contributed by atoms with Crippen LogP contribution < -0.4 is 5.73 Å². The van der Waals surface area contributed by atoms with Crippen LogP contribution >= 0.6 is 0 Å². The minimum Gasteiger partial charge on any atom is -0.368 e. The van der Waals surface area contributed by atoms with Crippen LogP contribution in [0.1, 0.15) is 37.7 Å². The van der Waals surface area contributed by atoms with E-state index in [9.17, 15) is 14.4 Å². The van der Waals surface area contributed by atoms with Gasteiger partial charge in [0.05, 0.1) is 6.04 Å². The van der Waals surface area contributed by atoms with Crippen LogP contribution in [0, 0.1) is 0 Å². The third kappa shape index (κ3) is 4.86. The number of nitrogens with two attached hydrogens (primary N) is 1. The Bertz CT molecular complexity index is 808. The van der Waals surface area contributed by atoms with Gasteiger partial charge in [-0.15, -0.1) is 0 Å². The molecule has 9 nitrogen and oxygen atoms in total. The standard InChI is InChI=1S/C20H26N6O3/c21-19(28)16-9-5-11-25(16)20(29)17-12-15(23-24-22)13-26(17)18(27)10-4-8-14-6-2-1-3-7-14/h1-3,6-7,15-17H,4-5,8-13H2,(H2,21,28)/t15-,16-,17-/m0/s1. The number of amides is 3. The van der Waals surface area contributed by atoms with Gasteiger partial charge < -0.3 is 15.5 Å². The van der Waals surface area contributed by atoms with Crippen LogP contribution in [0.15, 0.2) is 35.4 Å². The number of benzene rings is 1. The van der Waals surface area contributed by atoms with Gasteiger partial charge in [-0.25, -0.2) is 0 Å². The number of aryl methyl sites for hydroxylation is 1. The van der Waals surface area contributed by atoms with E-state index in [0.717, 1.165) is 12.0 Å². The lowest BCUT2D eigenvalue weighted by Crippen LogP contribution is -2.52. The number of carbonyl (C=O) groups excluding carboxylic acids is 3. The SMILES string of the molecule is [N-]=[N+]=N[C@H]1C[C@@H](C(=O)N2CCC[C@H]2C(N)=O)N(C(=O)CCCc2ccccc2)C1. The lowest BCUT2D eigenvalue weighted by molar-refractivity contribution is -0.146. The number of carbonyl (C=O) groups is 3. The predicted molar refractivity (Wildman–Crippen MR) is 106 cm³/mol. The number of rotatable bonds is 7. The molecular formula is C20H26N6O3. The summed E-state index contributed by atoms with van der Waals surface area (Å²) in [5.74, 6) is -0.940. The quantitative estimate of drug-likeness (QED) is 0.426. The summed E-state index contributed by atoms with van der Waals surface area (Å²) < 4.78 is 0. The Balaban J connectivity index is 1.67. The van der Waals surface area contributed by atoms with Gasteiger partial charge in [-0.1, -0.05) is 35.4 Å². The lowest BCUT2D eigenvalue weighted by atomic mass is 10.1. The van der Waals surface area contributed by atoms with Crippen molar-refractivity contribution in [2.75, 3.05) is 13.1 Å². The maximum Gasteiger partial charge on any atom is 0.246 e. The van der Waals surface area contributed by atoms with Gasteiger partial charge in [0.2, 0.25) is 17.7 Å². The lowest BCUT2D eigenvalue weighted by Gasteiger charge is -2.30. The summed E-state index contributed by atoms with van der Waals surface area (Å²) in [5.41, 5.74) is 15.4. The Labute approximate surface area is 169 Å². The molecule has 0 saturated carbocycles. The van der Waals surface area contributed by atoms with Crippen molar-refractivity contribution >= 4 is 17.7 Å². The largest absolute Gasteiger partial charge is 0.368 e. The average Bonchev–Trinajstić information content (AvgIpc) is 3.36. The maximum absolute atomic E-state index is 13.1. The van der Waals surface area contributed by atoms with Gasteiger partial charge in [0.25, 0.3) is 0 Å². The molecule has 1 aromatic rings. The molecule has 29 heavy (non-hydrogen) atoms. The second kappa shape index (κ2) is 9.43. The van der Waals surface area contributed by atoms with Gasteiger partial charge in [0.1, 0.15) is 12.1 Å². The first-order chi connectivity index (χ1) is 14.0. The third-order valence-electron chi connectivity index (χ3n) is 5.66. The van der Waals surface area contributed by atoms with E-state index in [0.29, 0.717) is 32.2 Å². The zero-order valence-electron chi connectivity index (χ0n) is 16.3. The minimum absolute atomic E-state index is 0.134. The van der Waals surface area contributed by atoms with E-state index in [-0.39, 0.29) is 24.8 Å². The summed E-state index contributed by atoms with van der Waals surface area (Å²) in [6.45, 7) is 0.672. The van der Waals surface area contributed by atoms with Gasteiger partial charge in [-0.05, 0) is 43.2 Å². The molecule has 2 aliphatic heterocycles. The summed E-state index contributed by atoms with van der Waals surface area (Å²) in [6.07, 6.45) is 3.26. The molecular weight excluding hydrogens is 372 g/mol. The summed E-state index contributed by atoms with van der Waals surface area (Å²) in [6, 6.07) is 8.11. The van der Waals surface area contributed by atoms with Crippen LogP contribution in [0.5, 0.6) is 0 Å². The van der Waals surface area contributed by atoms with Crippen LogP contribution in [0.25, 0.3) is 10.4 Å². The molecule has 1 aromatic carbocycles. The van der Waals surface area contributed by atoms with Crippen LogP contribution in [0.3, 0.4) is 0 Å². The Kier molecular flexibility index (Phi) is 6.72. The van der Waals surface area contributed by atoms with Crippen molar-refractivity contribution in [2.45, 2.75) is 56.7 Å². The van der Waals surface area contributed by atoms with Crippen molar-refractivity contribution in [3.05, 3.63) is 46.3 Å². The predicted octanol–water partition coefficient (Wildman–Crippen LogP) is 1.77. The molecule has 0 unspecified atom stereocenters. The van der Waals surface area contributed by atoms with E-state index in [4.69, 9.17) is 11.3 Å². The average molecular weight is 398 g/mol. The highest BCUT2D eigenvalue weighted by Gasteiger charge is 2.44. The number of likely N-dealkylation sites (tertiary alicyclic amines) is 2. The number of hydrogen-bond donors (Lipinski definition) is 1. The monoisotopic (exact) mass is 398 g/mol. The number of nitrogens with zero attached hydrogens (tertiary/aromatic N) is 5. The molecule has 2 heterocycles. The summed E-state index contributed by atoms with van der Waals surface area (Å²) in [5, 5.41) is 3.72.